The maximum Gasteiger partial charge on any atom is 0.249 e. The minimum Gasteiger partial charge on any atom is -0.424 e. The molecule has 0 amide bonds. The van der Waals surface area contributed by atoms with E-state index < -0.39 is 56.8 Å². The lowest BCUT2D eigenvalue weighted by Crippen LogP contribution is -2.59. The fourth-order valence-corrected chi connectivity index (χ4v) is 51.0. The lowest BCUT2D eigenvalue weighted by Gasteiger charge is -2.47. The largest absolute Gasteiger partial charge is 0.424 e. The van der Waals surface area contributed by atoms with E-state index in [1.807, 2.05) is 0 Å². The van der Waals surface area contributed by atoms with Crippen molar-refractivity contribution in [1.82, 2.24) is 0 Å². The second-order valence-electron chi connectivity index (χ2n) is 19.5. The Morgan fingerprint density at radius 1 is 0.525 bits per heavy atom. The smallest absolute Gasteiger partial charge is 0.249 e. The van der Waals surface area contributed by atoms with Crippen LogP contribution in [-0.2, 0) is 0 Å². The summed E-state index contributed by atoms with van der Waals surface area (Å²) >= 11 is 0. The van der Waals surface area contributed by atoms with Crippen LogP contribution in [0.15, 0.2) is 36.1 Å². The average molecular weight is 663 g/mol. The molecule has 1 N–H and O–H groups in total. The molecule has 0 fully saturated rings. The zero-order chi connectivity index (χ0) is 31.5. The van der Waals surface area contributed by atoms with Crippen LogP contribution in [0, 0.1) is 0 Å². The molecule has 0 saturated heterocycles. The first kappa shape index (κ1) is 36.4. The molecule has 0 saturated carbocycles. The number of hydrogen-bond acceptors (Lipinski definition) is 1. The van der Waals surface area contributed by atoms with Gasteiger partial charge in [0.1, 0.15) is 0 Å². The van der Waals surface area contributed by atoms with E-state index in [2.05, 4.69) is 154 Å². The standard InChI is InChI=1S/C32H66OSi7/c1-34(2,3)30(35(4,5)6)26-24-27(31(36(7,8)9)37(10,11)12)29(40(33)22-20-19-21-23-40)28(25-26)32(38(13,14)15)39(16,17)18/h19-22,24-25,30-33H,23H2,1-18H3. The van der Waals surface area contributed by atoms with E-state index in [4.69, 9.17) is 0 Å². The Morgan fingerprint density at radius 2 is 0.850 bits per heavy atom. The van der Waals surface area contributed by atoms with Gasteiger partial charge in [0, 0.05) is 48.4 Å². The monoisotopic (exact) mass is 662 g/mol. The van der Waals surface area contributed by atoms with Crippen LogP contribution in [0.5, 0.6) is 0 Å². The van der Waals surface area contributed by atoms with Gasteiger partial charge >= 0.3 is 0 Å². The van der Waals surface area contributed by atoms with E-state index in [-0.39, 0.29) is 0 Å². The van der Waals surface area contributed by atoms with Gasteiger partial charge in [-0.3, -0.25) is 0 Å². The van der Waals surface area contributed by atoms with Crippen molar-refractivity contribution < 1.29 is 4.80 Å². The summed E-state index contributed by atoms with van der Waals surface area (Å²) in [6.07, 6.45) is 6.58. The molecular weight excluding hydrogens is 597 g/mol. The maximum absolute atomic E-state index is 12.9. The molecule has 1 heterocycles. The van der Waals surface area contributed by atoms with Crippen LogP contribution in [0.25, 0.3) is 0 Å². The number of benzene rings is 1. The zero-order valence-corrected chi connectivity index (χ0v) is 36.9. The Morgan fingerprint density at radius 3 is 1.10 bits per heavy atom. The highest BCUT2D eigenvalue weighted by molar-refractivity contribution is 6.99. The van der Waals surface area contributed by atoms with E-state index in [0.717, 1.165) is 6.04 Å². The minimum absolute atomic E-state index is 0.623. The van der Waals surface area contributed by atoms with E-state index in [9.17, 15) is 4.80 Å². The summed E-state index contributed by atoms with van der Waals surface area (Å²) < 4.78 is 0. The van der Waals surface area contributed by atoms with Crippen molar-refractivity contribution in [3.05, 3.63) is 52.8 Å². The molecule has 0 radical (unpaired) electrons. The first-order valence-electron chi connectivity index (χ1n) is 15.8. The molecule has 1 atom stereocenters. The quantitative estimate of drug-likeness (QED) is 0.247. The molecule has 0 bridgehead atoms. The fourth-order valence-electron chi connectivity index (χ4n) is 9.39. The molecule has 0 aromatic heterocycles. The third kappa shape index (κ3) is 8.21. The second-order valence-corrected chi connectivity index (χ2v) is 56.2. The molecule has 1 unspecified atom stereocenters. The van der Waals surface area contributed by atoms with Gasteiger partial charge in [-0.05, 0) is 43.4 Å². The maximum atomic E-state index is 12.9. The Labute approximate surface area is 257 Å². The fraction of sp³-hybridized carbons (Fsp3) is 0.688. The number of hydrogen-bond donors (Lipinski definition) is 1. The van der Waals surface area contributed by atoms with Crippen molar-refractivity contribution in [3.63, 3.8) is 0 Å². The van der Waals surface area contributed by atoms with Crippen molar-refractivity contribution in [3.8, 4) is 0 Å². The lowest BCUT2D eigenvalue weighted by molar-refractivity contribution is 0.567. The highest BCUT2D eigenvalue weighted by Crippen LogP contribution is 2.45. The molecule has 1 nitrogen and oxygen atoms in total. The molecule has 1 aromatic carbocycles. The first-order valence-corrected chi connectivity index (χ1v) is 39.5. The van der Waals surface area contributed by atoms with Gasteiger partial charge in [0.25, 0.3) is 0 Å². The Balaban J connectivity index is 3.36. The molecule has 1 aliphatic rings. The van der Waals surface area contributed by atoms with Crippen molar-refractivity contribution in [2.45, 2.75) is 139 Å². The van der Waals surface area contributed by atoms with E-state index in [1.165, 1.54) is 5.19 Å². The van der Waals surface area contributed by atoms with Gasteiger partial charge in [0.05, 0.1) is 0 Å². The van der Waals surface area contributed by atoms with Gasteiger partial charge in [0.15, 0.2) is 0 Å². The summed E-state index contributed by atoms with van der Waals surface area (Å²) in [5, 5.41) is 3.42. The Bertz CT molecular complexity index is 1020. The second kappa shape index (κ2) is 11.6. The summed E-state index contributed by atoms with van der Waals surface area (Å²) in [4.78, 5) is 12.9. The van der Waals surface area contributed by atoms with Crippen LogP contribution < -0.4 is 5.19 Å². The first-order chi connectivity index (χ1) is 17.5. The Kier molecular flexibility index (Phi) is 10.5. The van der Waals surface area contributed by atoms with Crippen LogP contribution in [0.1, 0.15) is 32.2 Å². The molecule has 2 rings (SSSR count). The summed E-state index contributed by atoms with van der Waals surface area (Å²) in [7, 11) is -12.3. The van der Waals surface area contributed by atoms with Crippen LogP contribution >= 0.6 is 0 Å². The SMILES string of the molecule is C[Si](C)(C)C(c1cc(C([Si](C)(C)C)[Si](C)(C)C)c([Si]2(O)C=CC=CC2)c(C([Si](C)(C)C)[Si](C)(C)C)c1)[Si](C)(C)C. The molecule has 228 valence electrons. The third-order valence-corrected chi connectivity index (χ3v) is 39.8. The minimum atomic E-state index is -2.85. The van der Waals surface area contributed by atoms with Crippen molar-refractivity contribution in [1.29, 1.82) is 0 Å². The van der Waals surface area contributed by atoms with Gasteiger partial charge < -0.3 is 4.80 Å². The summed E-state index contributed by atoms with van der Waals surface area (Å²) in [5.41, 5.74) is 7.16. The average Bonchev–Trinajstić information content (AvgIpc) is 2.61. The van der Waals surface area contributed by atoms with Crippen LogP contribution in [0.2, 0.25) is 124 Å². The van der Waals surface area contributed by atoms with Gasteiger partial charge in [-0.2, -0.15) is 0 Å². The number of rotatable bonds is 10. The normalized spacial score (nSPS) is 19.9. The highest BCUT2D eigenvalue weighted by atomic mass is 28.4. The third-order valence-electron chi connectivity index (χ3n) is 8.85. The van der Waals surface area contributed by atoms with Gasteiger partial charge in [-0.1, -0.05) is 154 Å². The molecule has 1 aromatic rings. The molecular formula is C32H66OSi7. The number of allylic oxidation sites excluding steroid dienone is 3. The summed E-state index contributed by atoms with van der Waals surface area (Å²) in [6.45, 7) is 47.0. The lowest BCUT2D eigenvalue weighted by atomic mass is 10.1. The van der Waals surface area contributed by atoms with Crippen LogP contribution in [0.3, 0.4) is 0 Å². The van der Waals surface area contributed by atoms with Gasteiger partial charge in [-0.25, -0.2) is 0 Å². The van der Waals surface area contributed by atoms with E-state index in [0.29, 0.717) is 15.5 Å². The van der Waals surface area contributed by atoms with E-state index >= 15 is 0 Å². The molecule has 0 aliphatic carbocycles. The zero-order valence-electron chi connectivity index (χ0n) is 29.9. The molecule has 1 aliphatic heterocycles. The van der Waals surface area contributed by atoms with Gasteiger partial charge in [-0.15, -0.1) is 0 Å². The van der Waals surface area contributed by atoms with Crippen LogP contribution in [0.4, 0.5) is 0 Å². The van der Waals surface area contributed by atoms with Crippen LogP contribution in [-0.4, -0.2) is 61.6 Å². The van der Waals surface area contributed by atoms with Crippen molar-refractivity contribution >= 4 is 61.9 Å². The van der Waals surface area contributed by atoms with Crippen molar-refractivity contribution in [2.75, 3.05) is 0 Å². The van der Waals surface area contributed by atoms with E-state index in [1.54, 1.807) is 16.7 Å². The predicted molar refractivity (Wildman–Crippen MR) is 205 cm³/mol. The Hall–Kier alpha value is 0.178. The molecule has 40 heavy (non-hydrogen) atoms. The van der Waals surface area contributed by atoms with Crippen molar-refractivity contribution in [2.24, 2.45) is 0 Å². The molecule has 0 spiro atoms. The van der Waals surface area contributed by atoms with Gasteiger partial charge in [0.2, 0.25) is 8.32 Å². The molecule has 8 heteroatoms. The summed E-state index contributed by atoms with van der Waals surface area (Å²) in [5.74, 6) is 0. The topological polar surface area (TPSA) is 20.2 Å². The summed E-state index contributed by atoms with van der Waals surface area (Å²) in [6, 6.07) is 6.30. The predicted octanol–water partition coefficient (Wildman–Crippen LogP) is 10.0. The highest BCUT2D eigenvalue weighted by Gasteiger charge is 2.49.